The summed E-state index contributed by atoms with van der Waals surface area (Å²) in [6.07, 6.45) is 1.75. The van der Waals surface area contributed by atoms with Crippen LogP contribution in [0, 0.1) is 0 Å². The highest BCUT2D eigenvalue weighted by molar-refractivity contribution is 5.95. The molecule has 0 spiro atoms. The fourth-order valence-corrected chi connectivity index (χ4v) is 2.57. The molecule has 0 unspecified atom stereocenters. The highest BCUT2D eigenvalue weighted by atomic mass is 16.5. The van der Waals surface area contributed by atoms with Gasteiger partial charge in [-0.05, 0) is 42.7 Å². The fraction of sp³-hybridized carbons (Fsp3) is 0.300. The lowest BCUT2D eigenvalue weighted by molar-refractivity contribution is 0.0682. The maximum Gasteiger partial charge on any atom is 0.335 e. The molecule has 1 N–H and O–H groups in total. The van der Waals surface area contributed by atoms with Crippen molar-refractivity contribution in [2.24, 2.45) is 0 Å². The SMILES string of the molecule is COCCN(CCCc1ccccc1)C(=O)c1ccc(C(=O)O)cc1. The van der Waals surface area contributed by atoms with Gasteiger partial charge in [-0.3, -0.25) is 4.79 Å². The Morgan fingerprint density at radius 3 is 2.20 bits per heavy atom. The van der Waals surface area contributed by atoms with Gasteiger partial charge in [0.15, 0.2) is 0 Å². The van der Waals surface area contributed by atoms with Crippen molar-refractivity contribution in [3.05, 3.63) is 71.3 Å². The maximum absolute atomic E-state index is 12.7. The van der Waals surface area contributed by atoms with Crippen molar-refractivity contribution in [1.82, 2.24) is 4.90 Å². The van der Waals surface area contributed by atoms with E-state index in [1.54, 1.807) is 24.1 Å². The molecule has 0 aliphatic carbocycles. The molecule has 0 radical (unpaired) electrons. The van der Waals surface area contributed by atoms with Gasteiger partial charge in [-0.2, -0.15) is 0 Å². The number of aryl methyl sites for hydroxylation is 1. The Balaban J connectivity index is 1.99. The average Bonchev–Trinajstić information content (AvgIpc) is 2.65. The Morgan fingerprint density at radius 1 is 0.960 bits per heavy atom. The van der Waals surface area contributed by atoms with E-state index in [1.165, 1.54) is 17.7 Å². The van der Waals surface area contributed by atoms with Crippen LogP contribution in [0.4, 0.5) is 0 Å². The first-order valence-corrected chi connectivity index (χ1v) is 8.27. The number of carboxylic acid groups (broad SMARTS) is 1. The van der Waals surface area contributed by atoms with Crippen molar-refractivity contribution < 1.29 is 19.4 Å². The third kappa shape index (κ3) is 5.72. The number of carboxylic acids is 1. The summed E-state index contributed by atoms with van der Waals surface area (Å²) >= 11 is 0. The van der Waals surface area contributed by atoms with Gasteiger partial charge >= 0.3 is 5.97 Å². The van der Waals surface area contributed by atoms with Gasteiger partial charge in [0.1, 0.15) is 0 Å². The number of carbonyl (C=O) groups is 2. The minimum atomic E-state index is -1.00. The summed E-state index contributed by atoms with van der Waals surface area (Å²) in [5.41, 5.74) is 1.90. The zero-order valence-corrected chi connectivity index (χ0v) is 14.4. The highest BCUT2D eigenvalue weighted by Crippen LogP contribution is 2.10. The van der Waals surface area contributed by atoms with Crippen LogP contribution in [0.25, 0.3) is 0 Å². The molecular weight excluding hydrogens is 318 g/mol. The fourth-order valence-electron chi connectivity index (χ4n) is 2.57. The van der Waals surface area contributed by atoms with E-state index in [1.807, 2.05) is 18.2 Å². The Labute approximate surface area is 147 Å². The number of hydrogen-bond donors (Lipinski definition) is 1. The van der Waals surface area contributed by atoms with Gasteiger partial charge in [0.25, 0.3) is 5.91 Å². The Morgan fingerprint density at radius 2 is 1.60 bits per heavy atom. The quantitative estimate of drug-likeness (QED) is 0.761. The standard InChI is InChI=1S/C20H23NO4/c1-25-15-14-21(13-5-8-16-6-3-2-4-7-16)19(22)17-9-11-18(12-10-17)20(23)24/h2-4,6-7,9-12H,5,8,13-15H2,1H3,(H,23,24). The molecule has 132 valence electrons. The third-order valence-electron chi connectivity index (χ3n) is 3.97. The van der Waals surface area contributed by atoms with Crippen LogP contribution >= 0.6 is 0 Å². The van der Waals surface area contributed by atoms with E-state index in [4.69, 9.17) is 9.84 Å². The van der Waals surface area contributed by atoms with Crippen molar-refractivity contribution in [1.29, 1.82) is 0 Å². The molecule has 2 aromatic rings. The first-order valence-electron chi connectivity index (χ1n) is 8.27. The number of rotatable bonds is 9. The second-order valence-corrected chi connectivity index (χ2v) is 5.76. The van der Waals surface area contributed by atoms with Crippen molar-refractivity contribution >= 4 is 11.9 Å². The Hall–Kier alpha value is -2.66. The van der Waals surface area contributed by atoms with Crippen molar-refractivity contribution in [3.63, 3.8) is 0 Å². The number of amides is 1. The van der Waals surface area contributed by atoms with Crippen LogP contribution in [0.2, 0.25) is 0 Å². The van der Waals surface area contributed by atoms with Gasteiger partial charge < -0.3 is 14.7 Å². The Kier molecular flexibility index (Phi) is 7.16. The van der Waals surface area contributed by atoms with Gasteiger partial charge in [0.05, 0.1) is 12.2 Å². The first-order chi connectivity index (χ1) is 12.1. The topological polar surface area (TPSA) is 66.8 Å². The van der Waals surface area contributed by atoms with Crippen LogP contribution in [-0.2, 0) is 11.2 Å². The van der Waals surface area contributed by atoms with E-state index in [2.05, 4.69) is 12.1 Å². The second-order valence-electron chi connectivity index (χ2n) is 5.76. The predicted molar refractivity (Wildman–Crippen MR) is 95.9 cm³/mol. The molecule has 25 heavy (non-hydrogen) atoms. The van der Waals surface area contributed by atoms with Crippen LogP contribution in [-0.4, -0.2) is 48.7 Å². The molecule has 2 aromatic carbocycles. The summed E-state index contributed by atoms with van der Waals surface area (Å²) in [7, 11) is 1.61. The summed E-state index contributed by atoms with van der Waals surface area (Å²) in [5.74, 6) is -1.11. The largest absolute Gasteiger partial charge is 0.478 e. The van der Waals surface area contributed by atoms with Crippen LogP contribution in [0.15, 0.2) is 54.6 Å². The normalized spacial score (nSPS) is 10.4. The molecule has 0 aromatic heterocycles. The first kappa shape index (κ1) is 18.7. The van der Waals surface area contributed by atoms with E-state index in [0.29, 0.717) is 25.3 Å². The molecule has 0 fully saturated rings. The molecular formula is C20H23NO4. The maximum atomic E-state index is 12.7. The van der Waals surface area contributed by atoms with Gasteiger partial charge in [-0.15, -0.1) is 0 Å². The predicted octanol–water partition coefficient (Wildman–Crippen LogP) is 3.11. The summed E-state index contributed by atoms with van der Waals surface area (Å²) < 4.78 is 5.10. The second kappa shape index (κ2) is 9.59. The zero-order chi connectivity index (χ0) is 18.1. The lowest BCUT2D eigenvalue weighted by Crippen LogP contribution is -2.35. The molecule has 5 heteroatoms. The summed E-state index contributed by atoms with van der Waals surface area (Å²) in [6.45, 7) is 1.59. The lowest BCUT2D eigenvalue weighted by atomic mass is 10.1. The van der Waals surface area contributed by atoms with Crippen LogP contribution in [0.3, 0.4) is 0 Å². The van der Waals surface area contributed by atoms with Crippen LogP contribution in [0.1, 0.15) is 32.7 Å². The van der Waals surface area contributed by atoms with Crippen molar-refractivity contribution in [2.75, 3.05) is 26.8 Å². The lowest BCUT2D eigenvalue weighted by Gasteiger charge is -2.22. The third-order valence-corrected chi connectivity index (χ3v) is 3.97. The number of hydrogen-bond acceptors (Lipinski definition) is 3. The van der Waals surface area contributed by atoms with Crippen LogP contribution in [0.5, 0.6) is 0 Å². The van der Waals surface area contributed by atoms with Crippen molar-refractivity contribution in [3.8, 4) is 0 Å². The van der Waals surface area contributed by atoms with E-state index in [9.17, 15) is 9.59 Å². The molecule has 0 aliphatic rings. The monoisotopic (exact) mass is 341 g/mol. The van der Waals surface area contributed by atoms with Crippen LogP contribution < -0.4 is 0 Å². The minimum absolute atomic E-state index is 0.109. The molecule has 1 amide bonds. The molecule has 0 saturated carbocycles. The van der Waals surface area contributed by atoms with Gasteiger partial charge in [-0.25, -0.2) is 4.79 Å². The van der Waals surface area contributed by atoms with Gasteiger partial charge in [-0.1, -0.05) is 30.3 Å². The molecule has 0 bridgehead atoms. The minimum Gasteiger partial charge on any atom is -0.478 e. The van der Waals surface area contributed by atoms with Gasteiger partial charge in [0.2, 0.25) is 0 Å². The summed E-state index contributed by atoms with van der Waals surface area (Å²) in [6, 6.07) is 16.2. The number of methoxy groups -OCH3 is 1. The number of benzene rings is 2. The van der Waals surface area contributed by atoms with E-state index in [0.717, 1.165) is 12.8 Å². The zero-order valence-electron chi connectivity index (χ0n) is 14.4. The molecule has 5 nitrogen and oxygen atoms in total. The number of nitrogens with zero attached hydrogens (tertiary/aromatic N) is 1. The summed E-state index contributed by atoms with van der Waals surface area (Å²) in [4.78, 5) is 25.4. The number of aromatic carboxylic acids is 1. The Bertz CT molecular complexity index is 683. The molecule has 0 atom stereocenters. The smallest absolute Gasteiger partial charge is 0.335 e. The molecule has 0 saturated heterocycles. The summed E-state index contributed by atoms with van der Waals surface area (Å²) in [5, 5.41) is 8.95. The number of carbonyl (C=O) groups excluding carboxylic acids is 1. The van der Waals surface area contributed by atoms with E-state index >= 15 is 0 Å². The van der Waals surface area contributed by atoms with Crippen molar-refractivity contribution in [2.45, 2.75) is 12.8 Å². The molecule has 2 rings (SSSR count). The van der Waals surface area contributed by atoms with Gasteiger partial charge in [0, 0.05) is 25.8 Å². The number of ether oxygens (including phenoxy) is 1. The van der Waals surface area contributed by atoms with E-state index in [-0.39, 0.29) is 11.5 Å². The molecule has 0 heterocycles. The van der Waals surface area contributed by atoms with E-state index < -0.39 is 5.97 Å². The highest BCUT2D eigenvalue weighted by Gasteiger charge is 2.16. The average molecular weight is 341 g/mol. The molecule has 0 aliphatic heterocycles.